The van der Waals surface area contributed by atoms with Crippen LogP contribution < -0.4 is 10.6 Å². The van der Waals surface area contributed by atoms with E-state index in [2.05, 4.69) is 55.5 Å². The summed E-state index contributed by atoms with van der Waals surface area (Å²) >= 11 is 13.1. The Balaban J connectivity index is 2.61. The monoisotopic (exact) mass is 329 g/mol. The van der Waals surface area contributed by atoms with Crippen molar-refractivity contribution in [3.8, 4) is 0 Å². The van der Waals surface area contributed by atoms with Gasteiger partial charge in [0.2, 0.25) is 0 Å². The Morgan fingerprint density at radius 2 is 1.26 bits per heavy atom. The molecule has 0 aliphatic carbocycles. The number of benzene rings is 2. The molecule has 4 heteroatoms. The molecule has 0 aliphatic rings. The summed E-state index contributed by atoms with van der Waals surface area (Å²) in [4.78, 5) is 0. The Kier molecular flexibility index (Phi) is 5.67. The van der Waals surface area contributed by atoms with E-state index in [0.717, 1.165) is 12.6 Å². The summed E-state index contributed by atoms with van der Waals surface area (Å²) in [5.74, 6) is 0. The molecular weight excluding hydrogens is 313 g/mol. The van der Waals surface area contributed by atoms with Gasteiger partial charge in [0.25, 0.3) is 0 Å². The minimum absolute atomic E-state index is 1.05. The molecule has 2 aromatic rings. The van der Waals surface area contributed by atoms with Crippen molar-refractivity contribution in [2.75, 3.05) is 6.16 Å². The predicted octanol–water partition coefficient (Wildman–Crippen LogP) is 5.77. The van der Waals surface area contributed by atoms with E-state index >= 15 is 0 Å². The summed E-state index contributed by atoms with van der Waals surface area (Å²) in [6, 6.07) is 21.1. The van der Waals surface area contributed by atoms with Crippen LogP contribution in [-0.2, 0) is 0 Å². The third-order valence-electron chi connectivity index (χ3n) is 3.17. The first-order chi connectivity index (χ1) is 9.21. The molecule has 1 radical (unpaired) electrons. The third-order valence-corrected chi connectivity index (χ3v) is 15.3. The van der Waals surface area contributed by atoms with Crippen molar-refractivity contribution in [1.29, 1.82) is 0 Å². The molecule has 19 heavy (non-hydrogen) atoms. The second kappa shape index (κ2) is 7.05. The maximum atomic E-state index is 6.53. The number of hydrogen-bond donors (Lipinski definition) is 0. The van der Waals surface area contributed by atoms with E-state index in [9.17, 15) is 0 Å². The molecule has 2 rings (SSSR count). The van der Waals surface area contributed by atoms with Crippen molar-refractivity contribution in [2.24, 2.45) is 0 Å². The summed E-state index contributed by atoms with van der Waals surface area (Å²) in [7, 11) is 0. The zero-order valence-corrected chi connectivity index (χ0v) is 14.1. The third kappa shape index (κ3) is 3.14. The highest BCUT2D eigenvalue weighted by molar-refractivity contribution is 8.61. The van der Waals surface area contributed by atoms with Crippen LogP contribution >= 0.6 is 35.7 Å². The van der Waals surface area contributed by atoms with Gasteiger partial charge in [0, 0.05) is 0 Å². The molecule has 0 spiro atoms. The van der Waals surface area contributed by atoms with Crippen LogP contribution in [0.15, 0.2) is 60.7 Å². The zero-order valence-electron chi connectivity index (χ0n) is 10.8. The predicted molar refractivity (Wildman–Crippen MR) is 92.9 cm³/mol. The molecule has 0 nitrogen and oxygen atoms in total. The highest BCUT2D eigenvalue weighted by Crippen LogP contribution is 2.87. The van der Waals surface area contributed by atoms with E-state index < -0.39 is 13.3 Å². The molecule has 0 unspecified atom stereocenters. The molecule has 101 valence electrons. The van der Waals surface area contributed by atoms with Gasteiger partial charge in [-0.25, -0.2) is 0 Å². The van der Waals surface area contributed by atoms with Crippen molar-refractivity contribution < 1.29 is 0 Å². The van der Waals surface area contributed by atoms with Gasteiger partial charge in [-0.05, 0) is 23.7 Å². The summed E-state index contributed by atoms with van der Waals surface area (Å²) in [6.45, 7) is 0.524. The van der Waals surface area contributed by atoms with Crippen LogP contribution in [0.5, 0.6) is 0 Å². The van der Waals surface area contributed by atoms with Gasteiger partial charge in [-0.1, -0.05) is 96.5 Å². The summed E-state index contributed by atoms with van der Waals surface area (Å²) in [5, 5.41) is 2.64. The lowest BCUT2D eigenvalue weighted by Gasteiger charge is -2.38. The normalized spacial score (nSPS) is 11.8. The van der Waals surface area contributed by atoms with Crippen molar-refractivity contribution in [3.05, 3.63) is 60.7 Å². The van der Waals surface area contributed by atoms with E-state index in [-0.39, 0.29) is 0 Å². The standard InChI is InChI=1S/C15H17Cl2P2/c1-2-13-19(18(16)17,14-9-5-3-6-10-14)15-11-7-4-8-12-15/h3-12H,2,13H2,1H3. The van der Waals surface area contributed by atoms with E-state index in [4.69, 9.17) is 22.5 Å². The van der Waals surface area contributed by atoms with Crippen molar-refractivity contribution in [1.82, 2.24) is 0 Å². The smallest absolute Gasteiger partial charge is 0.0727 e. The second-order valence-corrected chi connectivity index (χ2v) is 15.0. The maximum Gasteiger partial charge on any atom is 0.113 e. The maximum absolute atomic E-state index is 6.53. The average Bonchev–Trinajstić information content (AvgIpc) is 2.46. The fraction of sp³-hybridized carbons (Fsp3) is 0.200. The van der Waals surface area contributed by atoms with Gasteiger partial charge in [-0.15, -0.1) is 0 Å². The molecule has 0 saturated heterocycles. The van der Waals surface area contributed by atoms with Crippen LogP contribution in [0.3, 0.4) is 0 Å². The second-order valence-electron chi connectivity index (χ2n) is 4.38. The van der Waals surface area contributed by atoms with Crippen molar-refractivity contribution in [2.45, 2.75) is 13.3 Å². The first kappa shape index (κ1) is 15.3. The lowest BCUT2D eigenvalue weighted by molar-refractivity contribution is 1.10. The summed E-state index contributed by atoms with van der Waals surface area (Å²) in [5.41, 5.74) is 0. The number of halogens is 2. The van der Waals surface area contributed by atoms with Gasteiger partial charge in [0.15, 0.2) is 0 Å². The fourth-order valence-electron chi connectivity index (χ4n) is 2.33. The van der Waals surface area contributed by atoms with Gasteiger partial charge in [0.1, 0.15) is 6.32 Å². The molecule has 0 saturated carbocycles. The highest BCUT2D eigenvalue weighted by atomic mass is 35.9. The molecule has 0 fully saturated rings. The van der Waals surface area contributed by atoms with Crippen molar-refractivity contribution >= 4 is 46.4 Å². The Morgan fingerprint density at radius 1 is 0.842 bits per heavy atom. The van der Waals surface area contributed by atoms with Crippen LogP contribution in [0.4, 0.5) is 0 Å². The lowest BCUT2D eigenvalue weighted by Crippen LogP contribution is -2.21. The molecule has 0 amide bonds. The topological polar surface area (TPSA) is 0 Å². The van der Waals surface area contributed by atoms with Gasteiger partial charge < -0.3 is 0 Å². The molecule has 2 aromatic carbocycles. The van der Waals surface area contributed by atoms with E-state index in [1.807, 2.05) is 12.1 Å². The van der Waals surface area contributed by atoms with Crippen LogP contribution in [0, 0.1) is 0 Å². The molecule has 0 heterocycles. The van der Waals surface area contributed by atoms with Gasteiger partial charge >= 0.3 is 0 Å². The summed E-state index contributed by atoms with van der Waals surface area (Å²) < 4.78 is 0. The summed E-state index contributed by atoms with van der Waals surface area (Å²) in [6.07, 6.45) is 1.11. The quantitative estimate of drug-likeness (QED) is 0.611. The molecule has 0 aromatic heterocycles. The van der Waals surface area contributed by atoms with Gasteiger partial charge in [-0.2, -0.15) is 0 Å². The minimum Gasteiger partial charge on any atom is -0.0727 e. The van der Waals surface area contributed by atoms with E-state index in [1.165, 1.54) is 10.6 Å². The van der Waals surface area contributed by atoms with Crippen molar-refractivity contribution in [3.63, 3.8) is 0 Å². The minimum atomic E-state index is -1.68. The lowest BCUT2D eigenvalue weighted by atomic mass is 10.4. The zero-order chi connectivity index (χ0) is 13.7. The Labute approximate surface area is 126 Å². The molecule has 0 N–H and O–H groups in total. The average molecular weight is 330 g/mol. The first-order valence-corrected chi connectivity index (χ1v) is 12.2. The Bertz CT molecular complexity index is 461. The van der Waals surface area contributed by atoms with Gasteiger partial charge in [-0.3, -0.25) is 0 Å². The van der Waals surface area contributed by atoms with Crippen LogP contribution in [0.1, 0.15) is 13.3 Å². The molecule has 0 bridgehead atoms. The van der Waals surface area contributed by atoms with Crippen LogP contribution in [0.2, 0.25) is 0 Å². The highest BCUT2D eigenvalue weighted by Gasteiger charge is 2.37. The van der Waals surface area contributed by atoms with Crippen LogP contribution in [0.25, 0.3) is 0 Å². The fourth-order valence-corrected chi connectivity index (χ4v) is 13.0. The van der Waals surface area contributed by atoms with Gasteiger partial charge in [0.05, 0.1) is 0 Å². The number of hydrogen-bond acceptors (Lipinski definition) is 0. The Morgan fingerprint density at radius 3 is 1.58 bits per heavy atom. The first-order valence-electron chi connectivity index (χ1n) is 6.33. The van der Waals surface area contributed by atoms with E-state index in [1.54, 1.807) is 0 Å². The largest absolute Gasteiger partial charge is 0.113 e. The van der Waals surface area contributed by atoms with E-state index in [0.29, 0.717) is 0 Å². The molecule has 0 atom stereocenters. The molecule has 0 aliphatic heterocycles. The molecular formula is C15H17Cl2P2. The SMILES string of the molecule is CCC[P](c1ccccc1)(c1ccccc1)P(Cl)Cl. The Hall–Kier alpha value is -0.120. The van der Waals surface area contributed by atoms with Crippen LogP contribution in [-0.4, -0.2) is 6.16 Å². The number of rotatable bonds is 5.